The molecular formula is C14H18N2O3. The molecule has 1 aliphatic carbocycles. The molecule has 0 saturated heterocycles. The van der Waals surface area contributed by atoms with Crippen molar-refractivity contribution in [2.24, 2.45) is 0 Å². The molecule has 1 aliphatic rings. The first-order chi connectivity index (χ1) is 9.19. The number of carbonyl (C=O) groups excluding carboxylic acids is 2. The van der Waals surface area contributed by atoms with Crippen LogP contribution in [0.5, 0.6) is 5.75 Å². The van der Waals surface area contributed by atoms with Crippen molar-refractivity contribution in [1.29, 1.82) is 0 Å². The van der Waals surface area contributed by atoms with Crippen LogP contribution in [0.1, 0.15) is 25.3 Å². The Balaban J connectivity index is 1.77. The van der Waals surface area contributed by atoms with Gasteiger partial charge in [0.25, 0.3) is 0 Å². The fraction of sp³-hybridized carbons (Fsp3) is 0.429. The summed E-state index contributed by atoms with van der Waals surface area (Å²) in [6.45, 7) is 2.88. The van der Waals surface area contributed by atoms with E-state index in [9.17, 15) is 9.59 Å². The van der Waals surface area contributed by atoms with Gasteiger partial charge in [0, 0.05) is 12.6 Å². The molecule has 102 valence electrons. The third-order valence-electron chi connectivity index (χ3n) is 2.81. The highest BCUT2D eigenvalue weighted by Gasteiger charge is 2.26. The standard InChI is InChI=1S/C14H18N2O3/c1-2-19-12-7-3-10(4-8-12)9-15-13(17)14(18)16-11-5-6-11/h3-4,7-8,11H,2,5-6,9H2,1H3,(H,15,17)(H,16,18). The lowest BCUT2D eigenvalue weighted by Gasteiger charge is -2.07. The van der Waals surface area contributed by atoms with E-state index in [1.54, 1.807) is 0 Å². The number of carbonyl (C=O) groups is 2. The third kappa shape index (κ3) is 4.28. The second-order valence-electron chi connectivity index (χ2n) is 4.51. The normalized spacial score (nSPS) is 13.7. The van der Waals surface area contributed by atoms with Gasteiger partial charge in [-0.25, -0.2) is 0 Å². The van der Waals surface area contributed by atoms with Crippen LogP contribution in [0, 0.1) is 0 Å². The van der Waals surface area contributed by atoms with Gasteiger partial charge in [-0.05, 0) is 37.5 Å². The molecule has 0 aromatic heterocycles. The van der Waals surface area contributed by atoms with Crippen molar-refractivity contribution in [2.45, 2.75) is 32.4 Å². The maximum Gasteiger partial charge on any atom is 0.309 e. The van der Waals surface area contributed by atoms with Crippen LogP contribution in [-0.2, 0) is 16.1 Å². The van der Waals surface area contributed by atoms with Crippen LogP contribution in [0.15, 0.2) is 24.3 Å². The lowest BCUT2D eigenvalue weighted by atomic mass is 10.2. The molecule has 19 heavy (non-hydrogen) atoms. The van der Waals surface area contributed by atoms with Crippen molar-refractivity contribution < 1.29 is 14.3 Å². The second-order valence-corrected chi connectivity index (χ2v) is 4.51. The lowest BCUT2D eigenvalue weighted by molar-refractivity contribution is -0.139. The zero-order valence-corrected chi connectivity index (χ0v) is 10.9. The smallest absolute Gasteiger partial charge is 0.309 e. The summed E-state index contributed by atoms with van der Waals surface area (Å²) >= 11 is 0. The Hall–Kier alpha value is -2.04. The first-order valence-electron chi connectivity index (χ1n) is 6.49. The number of amides is 2. The number of nitrogens with one attached hydrogen (secondary N) is 2. The van der Waals surface area contributed by atoms with Crippen molar-refractivity contribution >= 4 is 11.8 Å². The van der Waals surface area contributed by atoms with E-state index in [-0.39, 0.29) is 6.04 Å². The highest BCUT2D eigenvalue weighted by molar-refractivity contribution is 6.35. The Bertz CT molecular complexity index is 452. The van der Waals surface area contributed by atoms with Crippen LogP contribution in [-0.4, -0.2) is 24.5 Å². The van der Waals surface area contributed by atoms with E-state index in [0.29, 0.717) is 13.2 Å². The Morgan fingerprint density at radius 3 is 2.47 bits per heavy atom. The predicted octanol–water partition coefficient (Wildman–Crippen LogP) is 0.980. The van der Waals surface area contributed by atoms with Gasteiger partial charge in [0.05, 0.1) is 6.61 Å². The van der Waals surface area contributed by atoms with E-state index in [1.807, 2.05) is 31.2 Å². The second kappa shape index (κ2) is 6.22. The Labute approximate surface area is 112 Å². The van der Waals surface area contributed by atoms with Crippen LogP contribution in [0.4, 0.5) is 0 Å². The van der Waals surface area contributed by atoms with Gasteiger partial charge in [-0.1, -0.05) is 12.1 Å². The van der Waals surface area contributed by atoms with Gasteiger partial charge in [-0.3, -0.25) is 9.59 Å². The van der Waals surface area contributed by atoms with E-state index in [1.165, 1.54) is 0 Å². The van der Waals surface area contributed by atoms with Crippen molar-refractivity contribution in [3.8, 4) is 5.75 Å². The molecule has 0 spiro atoms. The maximum absolute atomic E-state index is 11.5. The molecule has 0 aliphatic heterocycles. The summed E-state index contributed by atoms with van der Waals surface area (Å²) < 4.78 is 5.32. The largest absolute Gasteiger partial charge is 0.494 e. The fourth-order valence-electron chi connectivity index (χ4n) is 1.61. The van der Waals surface area contributed by atoms with Crippen molar-refractivity contribution in [3.63, 3.8) is 0 Å². The molecule has 2 amide bonds. The average Bonchev–Trinajstić information content (AvgIpc) is 3.22. The first-order valence-corrected chi connectivity index (χ1v) is 6.49. The zero-order chi connectivity index (χ0) is 13.7. The summed E-state index contributed by atoms with van der Waals surface area (Å²) in [5.74, 6) is -0.335. The summed E-state index contributed by atoms with van der Waals surface area (Å²) in [4.78, 5) is 22.9. The average molecular weight is 262 g/mol. The molecule has 0 unspecified atom stereocenters. The number of rotatable bonds is 5. The summed E-state index contributed by atoms with van der Waals surface area (Å²) in [5, 5.41) is 5.24. The SMILES string of the molecule is CCOc1ccc(CNC(=O)C(=O)NC2CC2)cc1. The number of benzene rings is 1. The molecule has 1 aromatic rings. The van der Waals surface area contributed by atoms with Gasteiger partial charge < -0.3 is 15.4 Å². The van der Waals surface area contributed by atoms with E-state index in [2.05, 4.69) is 10.6 Å². The van der Waals surface area contributed by atoms with Crippen LogP contribution in [0.25, 0.3) is 0 Å². The molecule has 5 nitrogen and oxygen atoms in total. The Morgan fingerprint density at radius 1 is 1.21 bits per heavy atom. The fourth-order valence-corrected chi connectivity index (χ4v) is 1.61. The topological polar surface area (TPSA) is 67.4 Å². The Morgan fingerprint density at radius 2 is 1.89 bits per heavy atom. The molecule has 1 aromatic carbocycles. The van der Waals surface area contributed by atoms with Gasteiger partial charge in [-0.2, -0.15) is 0 Å². The van der Waals surface area contributed by atoms with Crippen LogP contribution >= 0.6 is 0 Å². The molecule has 0 radical (unpaired) electrons. The van der Waals surface area contributed by atoms with E-state index in [4.69, 9.17) is 4.74 Å². The lowest BCUT2D eigenvalue weighted by Crippen LogP contribution is -2.40. The summed E-state index contributed by atoms with van der Waals surface area (Å²) in [6, 6.07) is 7.61. The highest BCUT2D eigenvalue weighted by Crippen LogP contribution is 2.18. The molecule has 2 rings (SSSR count). The summed E-state index contributed by atoms with van der Waals surface area (Å²) in [6.07, 6.45) is 1.94. The van der Waals surface area contributed by atoms with Crippen molar-refractivity contribution in [3.05, 3.63) is 29.8 Å². The quantitative estimate of drug-likeness (QED) is 0.777. The van der Waals surface area contributed by atoms with Crippen molar-refractivity contribution in [2.75, 3.05) is 6.61 Å². The third-order valence-corrected chi connectivity index (χ3v) is 2.81. The monoisotopic (exact) mass is 262 g/mol. The maximum atomic E-state index is 11.5. The number of hydrogen-bond donors (Lipinski definition) is 2. The molecule has 0 heterocycles. The predicted molar refractivity (Wildman–Crippen MR) is 70.6 cm³/mol. The molecule has 0 atom stereocenters. The minimum absolute atomic E-state index is 0.198. The highest BCUT2D eigenvalue weighted by atomic mass is 16.5. The molecule has 5 heteroatoms. The minimum Gasteiger partial charge on any atom is -0.494 e. The van der Waals surface area contributed by atoms with Gasteiger partial charge in [-0.15, -0.1) is 0 Å². The molecular weight excluding hydrogens is 244 g/mol. The number of ether oxygens (including phenoxy) is 1. The minimum atomic E-state index is -0.583. The van der Waals surface area contributed by atoms with E-state index < -0.39 is 11.8 Å². The molecule has 1 saturated carbocycles. The summed E-state index contributed by atoms with van der Waals surface area (Å²) in [7, 11) is 0. The van der Waals surface area contributed by atoms with E-state index in [0.717, 1.165) is 24.2 Å². The van der Waals surface area contributed by atoms with Crippen LogP contribution in [0.3, 0.4) is 0 Å². The molecule has 1 fully saturated rings. The first kappa shape index (κ1) is 13.4. The van der Waals surface area contributed by atoms with Crippen LogP contribution < -0.4 is 15.4 Å². The Kier molecular flexibility index (Phi) is 4.39. The zero-order valence-electron chi connectivity index (χ0n) is 10.9. The van der Waals surface area contributed by atoms with Gasteiger partial charge >= 0.3 is 11.8 Å². The van der Waals surface area contributed by atoms with Gasteiger partial charge in [0.15, 0.2) is 0 Å². The van der Waals surface area contributed by atoms with Crippen molar-refractivity contribution in [1.82, 2.24) is 10.6 Å². The van der Waals surface area contributed by atoms with Gasteiger partial charge in [0.1, 0.15) is 5.75 Å². The summed E-state index contributed by atoms with van der Waals surface area (Å²) in [5.41, 5.74) is 0.927. The molecule has 2 N–H and O–H groups in total. The van der Waals surface area contributed by atoms with Gasteiger partial charge in [0.2, 0.25) is 0 Å². The van der Waals surface area contributed by atoms with E-state index >= 15 is 0 Å². The number of hydrogen-bond acceptors (Lipinski definition) is 3. The van der Waals surface area contributed by atoms with Crippen LogP contribution in [0.2, 0.25) is 0 Å². The molecule has 0 bridgehead atoms.